The summed E-state index contributed by atoms with van der Waals surface area (Å²) in [4.78, 5) is 25.4. The Bertz CT molecular complexity index is 487. The molecule has 20 heavy (non-hydrogen) atoms. The summed E-state index contributed by atoms with van der Waals surface area (Å²) in [7, 11) is 0. The van der Waals surface area contributed by atoms with E-state index in [1.165, 1.54) is 0 Å². The monoisotopic (exact) mass is 319 g/mol. The predicted molar refractivity (Wildman–Crippen MR) is 77.3 cm³/mol. The lowest BCUT2D eigenvalue weighted by atomic mass is 10.2. The Kier molecular flexibility index (Phi) is 7.27. The molecule has 0 aliphatic carbocycles. The van der Waals surface area contributed by atoms with E-state index in [4.69, 9.17) is 16.7 Å². The van der Waals surface area contributed by atoms with Gasteiger partial charge in [-0.2, -0.15) is 11.8 Å². The van der Waals surface area contributed by atoms with Crippen molar-refractivity contribution in [3.05, 3.63) is 33.1 Å². The largest absolute Gasteiger partial charge is 0.396 e. The molecule has 0 radical (unpaired) electrons. The molecule has 0 saturated carbocycles. The number of amides is 1. The second kappa shape index (κ2) is 8.72. The second-order valence-corrected chi connectivity index (χ2v) is 5.32. The van der Waals surface area contributed by atoms with Crippen molar-refractivity contribution >= 4 is 35.0 Å². The van der Waals surface area contributed by atoms with Gasteiger partial charge < -0.3 is 10.4 Å². The van der Waals surface area contributed by atoms with Gasteiger partial charge in [0.15, 0.2) is 0 Å². The van der Waals surface area contributed by atoms with E-state index in [1.807, 2.05) is 0 Å². The van der Waals surface area contributed by atoms with Crippen LogP contribution in [0.2, 0.25) is 5.15 Å². The molecule has 1 aromatic rings. The summed E-state index contributed by atoms with van der Waals surface area (Å²) >= 11 is 7.35. The third-order valence-corrected chi connectivity index (χ3v) is 3.63. The summed E-state index contributed by atoms with van der Waals surface area (Å²) in [5.41, 5.74) is -0.293. The van der Waals surface area contributed by atoms with E-state index in [2.05, 4.69) is 10.3 Å². The first-order valence-electron chi connectivity index (χ1n) is 5.83. The minimum atomic E-state index is -0.634. The Morgan fingerprint density at radius 3 is 2.95 bits per heavy atom. The fourth-order valence-electron chi connectivity index (χ4n) is 1.30. The molecule has 0 bridgehead atoms. The minimum absolute atomic E-state index is 0.0128. The summed E-state index contributed by atoms with van der Waals surface area (Å²) in [6.07, 6.45) is 1.71. The number of nitro groups is 1. The molecule has 7 nitrogen and oxygen atoms in total. The van der Waals surface area contributed by atoms with E-state index in [0.29, 0.717) is 18.7 Å². The van der Waals surface area contributed by atoms with Crippen LogP contribution >= 0.6 is 23.4 Å². The first kappa shape index (κ1) is 16.7. The third kappa shape index (κ3) is 5.32. The van der Waals surface area contributed by atoms with Gasteiger partial charge in [-0.1, -0.05) is 11.6 Å². The standard InChI is InChI=1S/C11H14ClN3O4S/c12-10-9(6-8(7-14-10)15(18)19)11(17)13-2-5-20-4-1-3-16/h6-7,16H,1-5H2,(H,13,17). The molecule has 0 aromatic carbocycles. The van der Waals surface area contributed by atoms with Gasteiger partial charge in [0.2, 0.25) is 0 Å². The van der Waals surface area contributed by atoms with Gasteiger partial charge in [-0.3, -0.25) is 14.9 Å². The molecule has 2 N–H and O–H groups in total. The topological polar surface area (TPSA) is 105 Å². The number of carbonyl (C=O) groups excluding carboxylic acids is 1. The molecule has 1 heterocycles. The van der Waals surface area contributed by atoms with Crippen molar-refractivity contribution in [1.29, 1.82) is 0 Å². The fraction of sp³-hybridized carbons (Fsp3) is 0.455. The van der Waals surface area contributed by atoms with Crippen LogP contribution in [0.3, 0.4) is 0 Å². The predicted octanol–water partition coefficient (Wildman–Crippen LogP) is 1.49. The van der Waals surface area contributed by atoms with Crippen LogP contribution in [0.1, 0.15) is 16.8 Å². The van der Waals surface area contributed by atoms with E-state index in [0.717, 1.165) is 18.0 Å². The summed E-state index contributed by atoms with van der Waals surface area (Å²) in [6, 6.07) is 1.10. The van der Waals surface area contributed by atoms with Crippen LogP contribution in [0.4, 0.5) is 5.69 Å². The van der Waals surface area contributed by atoms with E-state index in [1.54, 1.807) is 11.8 Å². The van der Waals surface area contributed by atoms with Gasteiger partial charge in [-0.25, -0.2) is 4.98 Å². The maximum absolute atomic E-state index is 11.8. The number of nitrogens with one attached hydrogen (secondary N) is 1. The number of aromatic nitrogens is 1. The molecule has 0 aliphatic heterocycles. The van der Waals surface area contributed by atoms with Crippen molar-refractivity contribution in [3.63, 3.8) is 0 Å². The Balaban J connectivity index is 2.50. The van der Waals surface area contributed by atoms with Gasteiger partial charge in [0.1, 0.15) is 11.3 Å². The second-order valence-electron chi connectivity index (χ2n) is 3.73. The van der Waals surface area contributed by atoms with Gasteiger partial charge >= 0.3 is 0 Å². The lowest BCUT2D eigenvalue weighted by Gasteiger charge is -2.06. The normalized spacial score (nSPS) is 10.3. The molecule has 0 aliphatic rings. The number of nitrogens with zero attached hydrogens (tertiary/aromatic N) is 2. The molecular weight excluding hydrogens is 306 g/mol. The highest BCUT2D eigenvalue weighted by atomic mass is 35.5. The first-order chi connectivity index (χ1) is 9.56. The van der Waals surface area contributed by atoms with E-state index >= 15 is 0 Å². The van der Waals surface area contributed by atoms with Gasteiger partial charge in [-0.15, -0.1) is 0 Å². The summed E-state index contributed by atoms with van der Waals surface area (Å²) < 4.78 is 0. The highest BCUT2D eigenvalue weighted by Crippen LogP contribution is 2.18. The quantitative estimate of drug-likeness (QED) is 0.325. The molecule has 110 valence electrons. The zero-order valence-corrected chi connectivity index (χ0v) is 12.1. The average Bonchev–Trinajstić information content (AvgIpc) is 2.42. The Morgan fingerprint density at radius 1 is 1.55 bits per heavy atom. The molecule has 1 amide bonds. The summed E-state index contributed by atoms with van der Waals surface area (Å²) in [6.45, 7) is 0.558. The van der Waals surface area contributed by atoms with Crippen LogP contribution in [-0.4, -0.2) is 45.6 Å². The average molecular weight is 320 g/mol. The molecule has 0 spiro atoms. The van der Waals surface area contributed by atoms with Crippen molar-refractivity contribution in [2.24, 2.45) is 0 Å². The molecule has 0 fully saturated rings. The number of rotatable bonds is 8. The zero-order valence-electron chi connectivity index (χ0n) is 10.5. The number of carbonyl (C=O) groups is 1. The number of thioether (sulfide) groups is 1. The van der Waals surface area contributed by atoms with Crippen molar-refractivity contribution in [2.75, 3.05) is 24.7 Å². The van der Waals surface area contributed by atoms with Gasteiger partial charge in [-0.05, 0) is 12.2 Å². The van der Waals surface area contributed by atoms with Crippen molar-refractivity contribution in [2.45, 2.75) is 6.42 Å². The highest BCUT2D eigenvalue weighted by Gasteiger charge is 2.16. The number of pyridine rings is 1. The van der Waals surface area contributed by atoms with E-state index in [9.17, 15) is 14.9 Å². The molecule has 0 unspecified atom stereocenters. The molecule has 9 heteroatoms. The lowest BCUT2D eigenvalue weighted by Crippen LogP contribution is -2.26. The maximum atomic E-state index is 11.8. The minimum Gasteiger partial charge on any atom is -0.396 e. The van der Waals surface area contributed by atoms with Crippen LogP contribution in [0.5, 0.6) is 0 Å². The number of aliphatic hydroxyl groups is 1. The zero-order chi connectivity index (χ0) is 15.0. The lowest BCUT2D eigenvalue weighted by molar-refractivity contribution is -0.385. The van der Waals surface area contributed by atoms with Crippen molar-refractivity contribution in [1.82, 2.24) is 10.3 Å². The summed E-state index contributed by atoms with van der Waals surface area (Å²) in [5, 5.41) is 21.8. The third-order valence-electron chi connectivity index (χ3n) is 2.26. The van der Waals surface area contributed by atoms with Gasteiger partial charge in [0.05, 0.1) is 10.5 Å². The van der Waals surface area contributed by atoms with Crippen LogP contribution < -0.4 is 5.32 Å². The SMILES string of the molecule is O=C(NCCSCCCO)c1cc([N+](=O)[O-])cnc1Cl. The maximum Gasteiger partial charge on any atom is 0.288 e. The van der Waals surface area contributed by atoms with Crippen LogP contribution in [0.15, 0.2) is 12.3 Å². The molecule has 0 atom stereocenters. The highest BCUT2D eigenvalue weighted by molar-refractivity contribution is 7.99. The summed E-state index contributed by atoms with van der Waals surface area (Å²) in [5.74, 6) is 1.01. The van der Waals surface area contributed by atoms with Crippen molar-refractivity contribution in [3.8, 4) is 0 Å². The Hall–Kier alpha value is -1.38. The number of hydrogen-bond acceptors (Lipinski definition) is 6. The smallest absolute Gasteiger partial charge is 0.288 e. The first-order valence-corrected chi connectivity index (χ1v) is 7.36. The Labute approximate surface area is 124 Å². The fourth-order valence-corrected chi connectivity index (χ4v) is 2.27. The van der Waals surface area contributed by atoms with Crippen LogP contribution in [-0.2, 0) is 0 Å². The molecule has 1 aromatic heterocycles. The number of hydrogen-bond donors (Lipinski definition) is 2. The van der Waals surface area contributed by atoms with Gasteiger partial charge in [0.25, 0.3) is 11.6 Å². The van der Waals surface area contributed by atoms with E-state index < -0.39 is 10.8 Å². The van der Waals surface area contributed by atoms with E-state index in [-0.39, 0.29) is 23.0 Å². The molecule has 0 saturated heterocycles. The van der Waals surface area contributed by atoms with Gasteiger partial charge in [0, 0.05) is 25.0 Å². The molecule has 1 rings (SSSR count). The Morgan fingerprint density at radius 2 is 2.30 bits per heavy atom. The van der Waals surface area contributed by atoms with Crippen LogP contribution in [0.25, 0.3) is 0 Å². The number of aliphatic hydroxyl groups excluding tert-OH is 1. The molecular formula is C11H14ClN3O4S. The van der Waals surface area contributed by atoms with Crippen LogP contribution in [0, 0.1) is 10.1 Å². The van der Waals surface area contributed by atoms with Crippen molar-refractivity contribution < 1.29 is 14.8 Å². The number of halogens is 1.